The van der Waals surface area contributed by atoms with E-state index >= 15 is 0 Å². The van der Waals surface area contributed by atoms with Crippen LogP contribution < -0.4 is 4.74 Å². The molecule has 3 aromatic carbocycles. The van der Waals surface area contributed by atoms with Crippen molar-refractivity contribution in [2.75, 3.05) is 7.11 Å². The van der Waals surface area contributed by atoms with Gasteiger partial charge in [0, 0.05) is 22.9 Å². The van der Waals surface area contributed by atoms with Crippen LogP contribution in [0.5, 0.6) is 11.5 Å². The van der Waals surface area contributed by atoms with Gasteiger partial charge in [-0.15, -0.1) is 0 Å². The number of aromatic nitrogens is 2. The third-order valence-electron chi connectivity index (χ3n) is 5.26. The van der Waals surface area contributed by atoms with Crippen molar-refractivity contribution in [3.05, 3.63) is 65.3 Å². The van der Waals surface area contributed by atoms with Gasteiger partial charge >= 0.3 is 5.97 Å². The third kappa shape index (κ3) is 4.20. The zero-order valence-electron chi connectivity index (χ0n) is 16.9. The van der Waals surface area contributed by atoms with Crippen molar-refractivity contribution in [2.24, 2.45) is 0 Å². The number of fused-ring (bicyclic) bond motifs is 1. The fourth-order valence-electron chi connectivity index (χ4n) is 3.66. The molecule has 0 amide bonds. The highest BCUT2D eigenvalue weighted by molar-refractivity contribution is 6.34. The third-order valence-corrected chi connectivity index (χ3v) is 5.57. The average molecular weight is 437 g/mol. The summed E-state index contributed by atoms with van der Waals surface area (Å²) in [6.45, 7) is 0. The van der Waals surface area contributed by atoms with Gasteiger partial charge in [-0.05, 0) is 42.2 Å². The summed E-state index contributed by atoms with van der Waals surface area (Å²) >= 11 is 6.53. The van der Waals surface area contributed by atoms with Crippen molar-refractivity contribution in [3.8, 4) is 33.8 Å². The Balaban J connectivity index is 1.67. The van der Waals surface area contributed by atoms with Crippen LogP contribution in [-0.4, -0.2) is 33.5 Å². The van der Waals surface area contributed by atoms with E-state index in [1.54, 1.807) is 6.07 Å². The molecule has 0 aliphatic heterocycles. The maximum absolute atomic E-state index is 10.8. The van der Waals surface area contributed by atoms with Crippen molar-refractivity contribution in [1.29, 1.82) is 0 Å². The number of nitrogens with one attached hydrogen (secondary N) is 1. The second-order valence-corrected chi connectivity index (χ2v) is 7.64. The lowest BCUT2D eigenvalue weighted by Gasteiger charge is -2.10. The van der Waals surface area contributed by atoms with Gasteiger partial charge in [-0.2, -0.15) is 5.10 Å². The van der Waals surface area contributed by atoms with E-state index in [2.05, 4.69) is 10.2 Å². The molecule has 31 heavy (non-hydrogen) atoms. The molecular formula is C24H21ClN2O4. The van der Waals surface area contributed by atoms with E-state index in [1.807, 2.05) is 48.5 Å². The molecule has 3 N–H and O–H groups in total. The number of aromatic hydroxyl groups is 1. The van der Waals surface area contributed by atoms with E-state index in [1.165, 1.54) is 7.11 Å². The number of aromatic amines is 1. The Morgan fingerprint density at radius 2 is 1.81 bits per heavy atom. The Kier molecular flexibility index (Phi) is 5.82. The number of halogens is 1. The van der Waals surface area contributed by atoms with Gasteiger partial charge in [-0.1, -0.05) is 48.0 Å². The number of nitrogens with zero attached hydrogens (tertiary/aromatic N) is 1. The van der Waals surface area contributed by atoms with Gasteiger partial charge in [0.1, 0.15) is 0 Å². The fraction of sp³-hybridized carbons (Fsp3) is 0.167. The Labute approximate surface area is 184 Å². The number of carboxylic acid groups (broad SMARTS) is 1. The summed E-state index contributed by atoms with van der Waals surface area (Å²) < 4.78 is 5.19. The summed E-state index contributed by atoms with van der Waals surface area (Å²) in [4.78, 5) is 10.8. The predicted octanol–water partition coefficient (Wildman–Crippen LogP) is 5.67. The van der Waals surface area contributed by atoms with E-state index in [0.717, 1.165) is 33.3 Å². The Morgan fingerprint density at radius 1 is 1.10 bits per heavy atom. The highest BCUT2D eigenvalue weighted by atomic mass is 35.5. The number of phenols is 1. The molecular weight excluding hydrogens is 416 g/mol. The molecule has 0 saturated heterocycles. The molecule has 1 aromatic heterocycles. The Morgan fingerprint density at radius 3 is 2.48 bits per heavy atom. The lowest BCUT2D eigenvalue weighted by molar-refractivity contribution is -0.137. The van der Waals surface area contributed by atoms with Gasteiger partial charge in [0.15, 0.2) is 11.5 Å². The Hall–Kier alpha value is -3.51. The average Bonchev–Trinajstić information content (AvgIpc) is 3.15. The minimum Gasteiger partial charge on any atom is -0.504 e. The number of H-pyrrole nitrogens is 1. The molecule has 158 valence electrons. The number of hydrogen-bond acceptors (Lipinski definition) is 4. The van der Waals surface area contributed by atoms with Crippen LogP contribution in [0.25, 0.3) is 33.2 Å². The first-order chi connectivity index (χ1) is 15.0. The van der Waals surface area contributed by atoms with Gasteiger partial charge in [0.2, 0.25) is 0 Å². The summed E-state index contributed by atoms with van der Waals surface area (Å²) in [6, 6.07) is 16.9. The van der Waals surface area contributed by atoms with E-state index < -0.39 is 5.97 Å². The molecule has 1 heterocycles. The molecule has 0 aliphatic rings. The van der Waals surface area contributed by atoms with Crippen molar-refractivity contribution in [2.45, 2.75) is 19.3 Å². The first kappa shape index (κ1) is 20.8. The lowest BCUT2D eigenvalue weighted by atomic mass is 9.98. The topological polar surface area (TPSA) is 95.4 Å². The maximum atomic E-state index is 10.8. The summed E-state index contributed by atoms with van der Waals surface area (Å²) in [5.74, 6) is -0.294. The van der Waals surface area contributed by atoms with E-state index in [0.29, 0.717) is 29.2 Å². The molecule has 0 unspecified atom stereocenters. The molecule has 0 bridgehead atoms. The van der Waals surface area contributed by atoms with Gasteiger partial charge < -0.3 is 14.9 Å². The number of aryl methyl sites for hydroxylation is 1. The molecule has 6 nitrogen and oxygen atoms in total. The molecule has 4 aromatic rings. The van der Waals surface area contributed by atoms with E-state index in [4.69, 9.17) is 21.4 Å². The lowest BCUT2D eigenvalue weighted by Crippen LogP contribution is -1.96. The number of aliphatic carboxylic acids is 1. The first-order valence-corrected chi connectivity index (χ1v) is 10.2. The van der Waals surface area contributed by atoms with Crippen LogP contribution in [0, 0.1) is 0 Å². The second-order valence-electron chi connectivity index (χ2n) is 7.23. The number of carbonyl (C=O) groups is 1. The first-order valence-electron chi connectivity index (χ1n) is 9.83. The zero-order chi connectivity index (χ0) is 22.0. The summed E-state index contributed by atoms with van der Waals surface area (Å²) in [6.07, 6.45) is 1.20. The number of benzene rings is 3. The van der Waals surface area contributed by atoms with Crippen LogP contribution in [-0.2, 0) is 11.2 Å². The molecule has 4 rings (SSSR count). The van der Waals surface area contributed by atoms with Crippen LogP contribution in [0.4, 0.5) is 0 Å². The highest BCUT2D eigenvalue weighted by Crippen LogP contribution is 2.38. The van der Waals surface area contributed by atoms with Crippen molar-refractivity contribution in [1.82, 2.24) is 10.2 Å². The second kappa shape index (κ2) is 8.70. The number of phenolic OH excluding ortho intramolecular Hbond substituents is 1. The minimum absolute atomic E-state index is 0.0987. The molecule has 7 heteroatoms. The highest BCUT2D eigenvalue weighted by Gasteiger charge is 2.13. The molecule has 0 aliphatic carbocycles. The smallest absolute Gasteiger partial charge is 0.303 e. The van der Waals surface area contributed by atoms with Gasteiger partial charge in [-0.25, -0.2) is 0 Å². The van der Waals surface area contributed by atoms with Crippen molar-refractivity contribution in [3.63, 3.8) is 0 Å². The van der Waals surface area contributed by atoms with E-state index in [-0.39, 0.29) is 12.2 Å². The van der Waals surface area contributed by atoms with E-state index in [9.17, 15) is 9.90 Å². The van der Waals surface area contributed by atoms with Crippen molar-refractivity contribution < 1.29 is 19.7 Å². The minimum atomic E-state index is -0.814. The largest absolute Gasteiger partial charge is 0.504 e. The number of ether oxygens (including phenoxy) is 1. The number of methoxy groups -OCH3 is 1. The number of rotatable bonds is 7. The predicted molar refractivity (Wildman–Crippen MR) is 121 cm³/mol. The van der Waals surface area contributed by atoms with Gasteiger partial charge in [0.25, 0.3) is 0 Å². The standard InChI is InChI=1S/C24H21ClN2O4/c1-31-22-6-2-4-16(24(22)30)14-8-10-15(11-9-14)17-12-18-20(5-3-7-23(28)29)26-27-21(18)13-19(17)25/h2,4,6,8-13,30H,3,5,7H2,1H3,(H,26,27)(H,28,29). The summed E-state index contributed by atoms with van der Waals surface area (Å²) in [7, 11) is 1.52. The van der Waals surface area contributed by atoms with Crippen LogP contribution in [0.15, 0.2) is 54.6 Å². The molecule has 0 spiro atoms. The van der Waals surface area contributed by atoms with Crippen LogP contribution in [0.2, 0.25) is 5.02 Å². The van der Waals surface area contributed by atoms with Crippen LogP contribution in [0.1, 0.15) is 18.5 Å². The van der Waals surface area contributed by atoms with Gasteiger partial charge in [-0.3, -0.25) is 9.89 Å². The maximum Gasteiger partial charge on any atom is 0.303 e. The quantitative estimate of drug-likeness (QED) is 0.347. The summed E-state index contributed by atoms with van der Waals surface area (Å²) in [5.41, 5.74) is 4.97. The van der Waals surface area contributed by atoms with Crippen LogP contribution in [0.3, 0.4) is 0 Å². The molecule has 0 fully saturated rings. The SMILES string of the molecule is COc1cccc(-c2ccc(-c3cc4c(CCCC(=O)O)n[nH]c4cc3Cl)cc2)c1O. The van der Waals surface area contributed by atoms with Crippen LogP contribution >= 0.6 is 11.6 Å². The summed E-state index contributed by atoms with van der Waals surface area (Å²) in [5, 5.41) is 28.1. The van der Waals surface area contributed by atoms with Gasteiger partial charge in [0.05, 0.1) is 23.3 Å². The normalized spacial score (nSPS) is 11.0. The number of carboxylic acids is 1. The molecule has 0 saturated carbocycles. The molecule has 0 radical (unpaired) electrons. The molecule has 0 atom stereocenters. The number of para-hydroxylation sites is 1. The zero-order valence-corrected chi connectivity index (χ0v) is 17.6. The Bertz CT molecular complexity index is 1250. The number of hydrogen-bond donors (Lipinski definition) is 3. The van der Waals surface area contributed by atoms with Crippen molar-refractivity contribution >= 4 is 28.5 Å². The monoisotopic (exact) mass is 436 g/mol. The fourth-order valence-corrected chi connectivity index (χ4v) is 3.93.